The molecule has 0 aromatic heterocycles. The summed E-state index contributed by atoms with van der Waals surface area (Å²) in [5.74, 6) is 0.00468. The lowest BCUT2D eigenvalue weighted by molar-refractivity contribution is -0.117. The maximum Gasteiger partial charge on any atom is 0.251 e. The highest BCUT2D eigenvalue weighted by atomic mass is 127. The van der Waals surface area contributed by atoms with Crippen molar-refractivity contribution in [3.63, 3.8) is 0 Å². The average molecular weight is 521 g/mol. The predicted molar refractivity (Wildman–Crippen MR) is 129 cm³/mol. The van der Waals surface area contributed by atoms with Crippen LogP contribution in [0.1, 0.15) is 34.0 Å². The first-order chi connectivity index (χ1) is 14.1. The fourth-order valence-electron chi connectivity index (χ4n) is 3.30. The summed E-state index contributed by atoms with van der Waals surface area (Å²) < 4.78 is 0. The van der Waals surface area contributed by atoms with Gasteiger partial charge >= 0.3 is 0 Å². The number of rotatable bonds is 6. The number of fused-ring (bicyclic) bond motifs is 1. The van der Waals surface area contributed by atoms with Crippen molar-refractivity contribution < 1.29 is 9.59 Å². The Morgan fingerprint density at radius 1 is 1.07 bits per heavy atom. The van der Waals surface area contributed by atoms with Crippen LogP contribution in [0.4, 0.5) is 0 Å². The molecule has 8 heteroatoms. The lowest BCUT2D eigenvalue weighted by atomic mass is 10.0. The van der Waals surface area contributed by atoms with Crippen molar-refractivity contribution in [3.05, 3.63) is 70.8 Å². The largest absolute Gasteiger partial charge is 0.368 e. The number of guanidine groups is 1. The summed E-state index contributed by atoms with van der Waals surface area (Å²) in [6.07, 6.45) is 1.01. The summed E-state index contributed by atoms with van der Waals surface area (Å²) in [6.45, 7) is 4.99. The number of hydrogen-bond donors (Lipinski definition) is 3. The molecule has 0 saturated carbocycles. The number of amides is 2. The van der Waals surface area contributed by atoms with Crippen LogP contribution in [0.3, 0.4) is 0 Å². The number of carbonyl (C=O) groups excluding carboxylic acids is 2. The number of hydrogen-bond acceptors (Lipinski definition) is 3. The Bertz CT molecular complexity index is 899. The molecule has 2 aromatic carbocycles. The zero-order valence-electron chi connectivity index (χ0n) is 17.1. The smallest absolute Gasteiger partial charge is 0.251 e. The van der Waals surface area contributed by atoms with Gasteiger partial charge in [0.25, 0.3) is 5.91 Å². The van der Waals surface area contributed by atoms with Crippen molar-refractivity contribution >= 4 is 41.8 Å². The Hall–Kier alpha value is -2.62. The maximum atomic E-state index is 12.0. The van der Waals surface area contributed by atoms with Gasteiger partial charge < -0.3 is 21.3 Å². The second kappa shape index (κ2) is 11.5. The van der Waals surface area contributed by atoms with E-state index in [4.69, 9.17) is 10.7 Å². The van der Waals surface area contributed by atoms with Gasteiger partial charge in [-0.2, -0.15) is 0 Å². The van der Waals surface area contributed by atoms with E-state index in [2.05, 4.69) is 46.7 Å². The van der Waals surface area contributed by atoms with Crippen LogP contribution in [0.25, 0.3) is 0 Å². The van der Waals surface area contributed by atoms with Crippen molar-refractivity contribution in [3.8, 4) is 0 Å². The van der Waals surface area contributed by atoms with Crippen LogP contribution in [0.2, 0.25) is 0 Å². The Kier molecular flexibility index (Phi) is 9.10. The molecular formula is C22H28IN5O2. The van der Waals surface area contributed by atoms with E-state index in [9.17, 15) is 9.59 Å². The average Bonchev–Trinajstić information content (AvgIpc) is 2.75. The standard InChI is InChI=1S/C22H27N5O2.HI/c1-2-24-22(27-12-11-17-5-3-4-6-19(17)15-27)26-13-16-7-9-18(10-8-16)21(29)25-14-20(23)28;/h3-10H,2,11-15H2,1H3,(H2,23,28)(H,24,26)(H,25,29);1H. The fraction of sp³-hybridized carbons (Fsp3) is 0.318. The van der Waals surface area contributed by atoms with Gasteiger partial charge in [-0.05, 0) is 42.2 Å². The van der Waals surface area contributed by atoms with Crippen molar-refractivity contribution in [2.75, 3.05) is 19.6 Å². The molecule has 0 aliphatic carbocycles. The van der Waals surface area contributed by atoms with E-state index in [-0.39, 0.29) is 36.4 Å². The summed E-state index contributed by atoms with van der Waals surface area (Å²) >= 11 is 0. The monoisotopic (exact) mass is 521 g/mol. The second-order valence-corrected chi connectivity index (χ2v) is 6.96. The molecular weight excluding hydrogens is 493 g/mol. The number of benzene rings is 2. The molecule has 160 valence electrons. The van der Waals surface area contributed by atoms with Gasteiger partial charge in [0.05, 0.1) is 13.1 Å². The molecule has 4 N–H and O–H groups in total. The zero-order chi connectivity index (χ0) is 20.6. The van der Waals surface area contributed by atoms with Crippen molar-refractivity contribution in [1.29, 1.82) is 0 Å². The van der Waals surface area contributed by atoms with E-state index >= 15 is 0 Å². The minimum Gasteiger partial charge on any atom is -0.368 e. The van der Waals surface area contributed by atoms with E-state index in [1.807, 2.05) is 12.1 Å². The van der Waals surface area contributed by atoms with Gasteiger partial charge in [0.2, 0.25) is 5.91 Å². The van der Waals surface area contributed by atoms with Gasteiger partial charge in [0.15, 0.2) is 5.96 Å². The Morgan fingerprint density at radius 3 is 2.43 bits per heavy atom. The van der Waals surface area contributed by atoms with Gasteiger partial charge in [0.1, 0.15) is 0 Å². The van der Waals surface area contributed by atoms with Crippen LogP contribution in [0.5, 0.6) is 0 Å². The normalized spacial score (nSPS) is 13.1. The predicted octanol–water partition coefficient (Wildman–Crippen LogP) is 2.04. The maximum absolute atomic E-state index is 12.0. The Balaban J connectivity index is 0.00000320. The first-order valence-corrected chi connectivity index (χ1v) is 9.82. The van der Waals surface area contributed by atoms with Crippen LogP contribution in [0.15, 0.2) is 53.5 Å². The third kappa shape index (κ3) is 6.45. The quantitative estimate of drug-likeness (QED) is 0.308. The van der Waals surface area contributed by atoms with E-state index in [0.717, 1.165) is 37.6 Å². The number of carbonyl (C=O) groups is 2. The highest BCUT2D eigenvalue weighted by Crippen LogP contribution is 2.18. The number of nitrogens with zero attached hydrogens (tertiary/aromatic N) is 2. The molecule has 0 atom stereocenters. The van der Waals surface area contributed by atoms with Gasteiger partial charge in [-0.15, -0.1) is 24.0 Å². The minimum atomic E-state index is -0.569. The summed E-state index contributed by atoms with van der Waals surface area (Å²) in [5.41, 5.74) is 9.28. The molecule has 0 radical (unpaired) electrons. The summed E-state index contributed by atoms with van der Waals surface area (Å²) in [6, 6.07) is 15.7. The van der Waals surface area contributed by atoms with E-state index < -0.39 is 5.91 Å². The second-order valence-electron chi connectivity index (χ2n) is 6.96. The Morgan fingerprint density at radius 2 is 1.77 bits per heavy atom. The number of halogens is 1. The molecule has 3 rings (SSSR count). The van der Waals surface area contributed by atoms with E-state index in [1.54, 1.807) is 12.1 Å². The van der Waals surface area contributed by atoms with Crippen LogP contribution in [0, 0.1) is 0 Å². The Labute approximate surface area is 194 Å². The number of primary amides is 1. The number of aliphatic imine (C=N–C) groups is 1. The third-order valence-corrected chi connectivity index (χ3v) is 4.82. The van der Waals surface area contributed by atoms with Crippen molar-refractivity contribution in [2.24, 2.45) is 10.7 Å². The van der Waals surface area contributed by atoms with E-state index in [1.165, 1.54) is 11.1 Å². The molecule has 1 aliphatic heterocycles. The molecule has 0 unspecified atom stereocenters. The van der Waals surface area contributed by atoms with Crippen LogP contribution in [-0.4, -0.2) is 42.3 Å². The highest BCUT2D eigenvalue weighted by Gasteiger charge is 2.18. The molecule has 2 aromatic rings. The molecule has 7 nitrogen and oxygen atoms in total. The minimum absolute atomic E-state index is 0. The van der Waals surface area contributed by atoms with Gasteiger partial charge in [-0.25, -0.2) is 4.99 Å². The summed E-state index contributed by atoms with van der Waals surface area (Å²) in [5, 5.41) is 5.86. The summed E-state index contributed by atoms with van der Waals surface area (Å²) in [7, 11) is 0. The van der Waals surface area contributed by atoms with Gasteiger partial charge in [-0.1, -0.05) is 36.4 Å². The molecule has 0 bridgehead atoms. The zero-order valence-corrected chi connectivity index (χ0v) is 19.4. The van der Waals surface area contributed by atoms with Gasteiger partial charge in [-0.3, -0.25) is 9.59 Å². The molecule has 2 amide bonds. The van der Waals surface area contributed by atoms with Crippen LogP contribution < -0.4 is 16.4 Å². The lowest BCUT2D eigenvalue weighted by Gasteiger charge is -2.31. The third-order valence-electron chi connectivity index (χ3n) is 4.82. The first kappa shape index (κ1) is 23.7. The lowest BCUT2D eigenvalue weighted by Crippen LogP contribution is -2.44. The van der Waals surface area contributed by atoms with Crippen LogP contribution in [-0.2, 0) is 24.3 Å². The fourth-order valence-corrected chi connectivity index (χ4v) is 3.30. The van der Waals surface area contributed by atoms with Crippen molar-refractivity contribution in [1.82, 2.24) is 15.5 Å². The first-order valence-electron chi connectivity index (χ1n) is 9.82. The number of nitrogens with two attached hydrogens (primary N) is 1. The highest BCUT2D eigenvalue weighted by molar-refractivity contribution is 14.0. The SMILES string of the molecule is CCNC(=NCc1ccc(C(=O)NCC(N)=O)cc1)N1CCc2ccccc2C1.I. The summed E-state index contributed by atoms with van der Waals surface area (Å²) in [4.78, 5) is 29.8. The van der Waals surface area contributed by atoms with Crippen molar-refractivity contribution in [2.45, 2.75) is 26.4 Å². The molecule has 0 fully saturated rings. The van der Waals surface area contributed by atoms with Crippen LogP contribution >= 0.6 is 24.0 Å². The van der Waals surface area contributed by atoms with Gasteiger partial charge in [0, 0.05) is 25.2 Å². The van der Waals surface area contributed by atoms with E-state index in [0.29, 0.717) is 12.1 Å². The molecule has 0 spiro atoms. The molecule has 1 aliphatic rings. The topological polar surface area (TPSA) is 99.8 Å². The number of nitrogens with one attached hydrogen (secondary N) is 2. The molecule has 30 heavy (non-hydrogen) atoms. The molecule has 1 heterocycles. The molecule has 0 saturated heterocycles.